The van der Waals surface area contributed by atoms with Gasteiger partial charge in [-0.25, -0.2) is 0 Å². The predicted octanol–water partition coefficient (Wildman–Crippen LogP) is 1.80. The van der Waals surface area contributed by atoms with Crippen LogP contribution >= 0.6 is 0 Å². The van der Waals surface area contributed by atoms with Crippen molar-refractivity contribution in [2.24, 2.45) is 5.92 Å². The normalized spacial score (nSPS) is 18.7. The van der Waals surface area contributed by atoms with E-state index in [-0.39, 0.29) is 17.7 Å². The fraction of sp³-hybridized carbons (Fsp3) is 0.550. The van der Waals surface area contributed by atoms with Crippen LogP contribution in [0.2, 0.25) is 0 Å². The topological polar surface area (TPSA) is 69.7 Å². The first-order valence-corrected chi connectivity index (χ1v) is 9.44. The molecular weight excluding hydrogens is 330 g/mol. The molecule has 0 radical (unpaired) electrons. The van der Waals surface area contributed by atoms with Crippen molar-refractivity contribution in [3.63, 3.8) is 0 Å². The Labute approximate surface area is 154 Å². The minimum atomic E-state index is -0.115. The molecule has 0 bridgehead atoms. The molecule has 1 aromatic rings. The van der Waals surface area contributed by atoms with Crippen LogP contribution in [-0.4, -0.2) is 54.2 Å². The summed E-state index contributed by atoms with van der Waals surface area (Å²) in [5.41, 5.74) is 1.54. The lowest BCUT2D eigenvalue weighted by Gasteiger charge is -2.32. The summed E-state index contributed by atoms with van der Waals surface area (Å²) in [5.74, 6) is 0.536. The molecule has 0 aromatic heterocycles. The quantitative estimate of drug-likeness (QED) is 0.788. The third-order valence-corrected chi connectivity index (χ3v) is 5.40. The Morgan fingerprint density at radius 3 is 2.27 bits per heavy atom. The average Bonchev–Trinajstić information content (AvgIpc) is 2.99. The summed E-state index contributed by atoms with van der Waals surface area (Å²) in [6, 6.07) is 7.28. The van der Waals surface area contributed by atoms with E-state index in [1.54, 1.807) is 12.1 Å². The number of likely N-dealkylation sites (tertiary alicyclic amines) is 2. The van der Waals surface area contributed by atoms with Gasteiger partial charge in [-0.3, -0.25) is 19.3 Å². The summed E-state index contributed by atoms with van der Waals surface area (Å²) in [7, 11) is 1.97. The Kier molecular flexibility index (Phi) is 6.04. The van der Waals surface area contributed by atoms with Gasteiger partial charge in [0.05, 0.1) is 6.54 Å². The summed E-state index contributed by atoms with van der Waals surface area (Å²) < 4.78 is 0. The highest BCUT2D eigenvalue weighted by Gasteiger charge is 2.29. The molecule has 0 spiro atoms. The van der Waals surface area contributed by atoms with Gasteiger partial charge in [0.2, 0.25) is 11.8 Å². The number of carbonyl (C=O) groups excluding carboxylic acids is 3. The van der Waals surface area contributed by atoms with Crippen LogP contribution in [0.25, 0.3) is 0 Å². The molecule has 2 fully saturated rings. The van der Waals surface area contributed by atoms with Crippen LogP contribution in [0, 0.1) is 5.92 Å². The summed E-state index contributed by atoms with van der Waals surface area (Å²) in [6.07, 6.45) is 3.90. The number of hydrogen-bond donors (Lipinski definition) is 1. The molecule has 6 heteroatoms. The number of rotatable bonds is 6. The summed E-state index contributed by atoms with van der Waals surface area (Å²) >= 11 is 0. The lowest BCUT2D eigenvalue weighted by molar-refractivity contribution is -0.139. The van der Waals surface area contributed by atoms with Crippen molar-refractivity contribution in [2.75, 3.05) is 26.7 Å². The van der Waals surface area contributed by atoms with Crippen molar-refractivity contribution in [1.82, 2.24) is 15.1 Å². The van der Waals surface area contributed by atoms with Crippen molar-refractivity contribution in [1.29, 1.82) is 0 Å². The molecule has 2 saturated heterocycles. The first kappa shape index (κ1) is 18.6. The molecule has 0 aliphatic carbocycles. The van der Waals surface area contributed by atoms with E-state index in [0.717, 1.165) is 38.0 Å². The molecule has 26 heavy (non-hydrogen) atoms. The lowest BCUT2D eigenvalue weighted by atomic mass is 9.93. The fourth-order valence-corrected chi connectivity index (χ4v) is 3.69. The van der Waals surface area contributed by atoms with Gasteiger partial charge in [0, 0.05) is 31.5 Å². The zero-order valence-electron chi connectivity index (χ0n) is 15.4. The monoisotopic (exact) mass is 357 g/mol. The summed E-state index contributed by atoms with van der Waals surface area (Å²) in [4.78, 5) is 39.3. The zero-order chi connectivity index (χ0) is 18.5. The van der Waals surface area contributed by atoms with E-state index in [0.29, 0.717) is 30.9 Å². The van der Waals surface area contributed by atoms with E-state index in [9.17, 15) is 14.4 Å². The van der Waals surface area contributed by atoms with Gasteiger partial charge in [-0.2, -0.15) is 0 Å². The average molecular weight is 357 g/mol. The van der Waals surface area contributed by atoms with Crippen LogP contribution in [0.5, 0.6) is 0 Å². The molecule has 140 valence electrons. The standard InChI is InChI=1S/C20H27N3O3/c1-21-11-8-15-9-12-22(13-10-15)20(26)17-4-2-16(3-5-17)14-23-18(24)6-7-19(23)25/h2-5,15,21H,6-14H2,1H3. The molecule has 1 N–H and O–H groups in total. The van der Waals surface area contributed by atoms with Crippen LogP contribution in [-0.2, 0) is 16.1 Å². The van der Waals surface area contributed by atoms with E-state index in [1.165, 1.54) is 11.3 Å². The lowest BCUT2D eigenvalue weighted by Crippen LogP contribution is -2.39. The number of hydrogen-bond acceptors (Lipinski definition) is 4. The Hall–Kier alpha value is -2.21. The van der Waals surface area contributed by atoms with Gasteiger partial charge in [0.25, 0.3) is 5.91 Å². The number of carbonyl (C=O) groups is 3. The molecule has 2 aliphatic heterocycles. The van der Waals surface area contributed by atoms with Crippen molar-refractivity contribution >= 4 is 17.7 Å². The number of benzene rings is 1. The second-order valence-corrected chi connectivity index (χ2v) is 7.20. The first-order valence-electron chi connectivity index (χ1n) is 9.44. The molecule has 1 aromatic carbocycles. The number of piperidine rings is 1. The summed E-state index contributed by atoms with van der Waals surface area (Å²) in [6.45, 7) is 2.95. The molecule has 2 aliphatic rings. The minimum absolute atomic E-state index is 0.0666. The van der Waals surface area contributed by atoms with Gasteiger partial charge in [0.1, 0.15) is 0 Å². The third kappa shape index (κ3) is 4.30. The zero-order valence-corrected chi connectivity index (χ0v) is 15.4. The highest BCUT2D eigenvalue weighted by Crippen LogP contribution is 2.22. The fourth-order valence-electron chi connectivity index (χ4n) is 3.69. The van der Waals surface area contributed by atoms with Gasteiger partial charge >= 0.3 is 0 Å². The summed E-state index contributed by atoms with van der Waals surface area (Å²) in [5, 5.41) is 3.19. The largest absolute Gasteiger partial charge is 0.339 e. The Morgan fingerprint density at radius 2 is 1.69 bits per heavy atom. The van der Waals surface area contributed by atoms with E-state index >= 15 is 0 Å². The second-order valence-electron chi connectivity index (χ2n) is 7.20. The van der Waals surface area contributed by atoms with Gasteiger partial charge < -0.3 is 10.2 Å². The van der Waals surface area contributed by atoms with E-state index in [4.69, 9.17) is 0 Å². The van der Waals surface area contributed by atoms with Gasteiger partial charge in [-0.05, 0) is 56.5 Å². The minimum Gasteiger partial charge on any atom is -0.339 e. The van der Waals surface area contributed by atoms with Crippen molar-refractivity contribution in [3.05, 3.63) is 35.4 Å². The number of imide groups is 1. The molecule has 0 unspecified atom stereocenters. The maximum absolute atomic E-state index is 12.7. The molecular formula is C20H27N3O3. The van der Waals surface area contributed by atoms with E-state index < -0.39 is 0 Å². The highest BCUT2D eigenvalue weighted by molar-refractivity contribution is 6.01. The van der Waals surface area contributed by atoms with Crippen LogP contribution in [0.4, 0.5) is 0 Å². The SMILES string of the molecule is CNCCC1CCN(C(=O)c2ccc(CN3C(=O)CCC3=O)cc2)CC1. The molecule has 0 atom stereocenters. The number of amides is 3. The van der Waals surface area contributed by atoms with Crippen molar-refractivity contribution in [3.8, 4) is 0 Å². The van der Waals surface area contributed by atoms with Crippen LogP contribution in [0.3, 0.4) is 0 Å². The second kappa shape index (κ2) is 8.45. The molecule has 2 heterocycles. The Morgan fingerprint density at radius 1 is 1.08 bits per heavy atom. The molecule has 6 nitrogen and oxygen atoms in total. The molecule has 3 amide bonds. The van der Waals surface area contributed by atoms with Gasteiger partial charge in [-0.1, -0.05) is 12.1 Å². The Bertz CT molecular complexity index is 647. The van der Waals surface area contributed by atoms with Gasteiger partial charge in [-0.15, -0.1) is 0 Å². The van der Waals surface area contributed by atoms with E-state index in [2.05, 4.69) is 5.32 Å². The van der Waals surface area contributed by atoms with E-state index in [1.807, 2.05) is 24.1 Å². The molecule has 0 saturated carbocycles. The molecule has 3 rings (SSSR count). The van der Waals surface area contributed by atoms with Crippen LogP contribution in [0.1, 0.15) is 48.0 Å². The van der Waals surface area contributed by atoms with Crippen molar-refractivity contribution < 1.29 is 14.4 Å². The Balaban J connectivity index is 1.54. The van der Waals surface area contributed by atoms with Gasteiger partial charge in [0.15, 0.2) is 0 Å². The maximum atomic E-state index is 12.7. The number of nitrogens with one attached hydrogen (secondary N) is 1. The predicted molar refractivity (Wildman–Crippen MR) is 98.4 cm³/mol. The van der Waals surface area contributed by atoms with Crippen LogP contribution < -0.4 is 5.32 Å². The smallest absolute Gasteiger partial charge is 0.253 e. The number of nitrogens with zero attached hydrogens (tertiary/aromatic N) is 2. The highest BCUT2D eigenvalue weighted by atomic mass is 16.2. The maximum Gasteiger partial charge on any atom is 0.253 e. The third-order valence-electron chi connectivity index (χ3n) is 5.40. The van der Waals surface area contributed by atoms with Crippen molar-refractivity contribution in [2.45, 2.75) is 38.6 Å². The van der Waals surface area contributed by atoms with Crippen LogP contribution in [0.15, 0.2) is 24.3 Å². The first-order chi connectivity index (χ1) is 12.6.